The van der Waals surface area contributed by atoms with Crippen molar-refractivity contribution in [1.29, 1.82) is 0 Å². The van der Waals surface area contributed by atoms with E-state index in [1.165, 1.54) is 37.3 Å². The highest BCUT2D eigenvalue weighted by Gasteiger charge is 2.18. The lowest BCUT2D eigenvalue weighted by atomic mass is 10.1. The molecule has 1 rings (SSSR count). The van der Waals surface area contributed by atoms with E-state index < -0.39 is 12.5 Å². The van der Waals surface area contributed by atoms with Crippen LogP contribution in [0.15, 0.2) is 18.2 Å². The van der Waals surface area contributed by atoms with Crippen LogP contribution in [0.4, 0.5) is 8.78 Å². The number of carbonyl (C=O) groups is 2. The number of nitrogens with zero attached hydrogens (tertiary/aromatic N) is 1. The van der Waals surface area contributed by atoms with Crippen LogP contribution in [0, 0.1) is 0 Å². The number of hydrogen-bond donors (Lipinski definition) is 1. The van der Waals surface area contributed by atoms with Crippen molar-refractivity contribution < 1.29 is 27.8 Å². The van der Waals surface area contributed by atoms with E-state index in [-0.39, 0.29) is 29.5 Å². The Labute approximate surface area is 133 Å². The molecule has 0 heterocycles. The standard InChI is InChI=1S/C15H20F2N2O4/c1-4-7-18-13(20)9-19(2)14(21)10-5-6-11(23-15(16)17)12(8-10)22-3/h5-6,8,15H,4,7,9H2,1-3H3,(H,18,20). The maximum atomic E-state index is 12.3. The van der Waals surface area contributed by atoms with E-state index in [9.17, 15) is 18.4 Å². The molecule has 1 aromatic carbocycles. The van der Waals surface area contributed by atoms with Crippen LogP contribution in [0.1, 0.15) is 23.7 Å². The summed E-state index contributed by atoms with van der Waals surface area (Å²) in [5.41, 5.74) is 0.203. The molecule has 0 aromatic heterocycles. The van der Waals surface area contributed by atoms with Gasteiger partial charge >= 0.3 is 6.61 Å². The van der Waals surface area contributed by atoms with Crippen molar-refractivity contribution in [3.05, 3.63) is 23.8 Å². The number of rotatable bonds is 8. The predicted octanol–water partition coefficient (Wildman–Crippen LogP) is 1.89. The summed E-state index contributed by atoms with van der Waals surface area (Å²) in [6, 6.07) is 3.85. The van der Waals surface area contributed by atoms with Gasteiger partial charge in [-0.25, -0.2) is 0 Å². The van der Waals surface area contributed by atoms with E-state index in [1.807, 2.05) is 6.92 Å². The molecular formula is C15H20F2N2O4. The molecule has 0 unspecified atom stereocenters. The van der Waals surface area contributed by atoms with Crippen molar-refractivity contribution >= 4 is 11.8 Å². The van der Waals surface area contributed by atoms with Gasteiger partial charge < -0.3 is 19.7 Å². The molecule has 0 saturated heterocycles. The van der Waals surface area contributed by atoms with Gasteiger partial charge in [-0.1, -0.05) is 6.92 Å². The number of ether oxygens (including phenoxy) is 2. The fourth-order valence-corrected chi connectivity index (χ4v) is 1.82. The van der Waals surface area contributed by atoms with Crippen LogP contribution in [0.3, 0.4) is 0 Å². The third-order valence-electron chi connectivity index (χ3n) is 2.93. The third-order valence-corrected chi connectivity index (χ3v) is 2.93. The van der Waals surface area contributed by atoms with Gasteiger partial charge in [0.25, 0.3) is 5.91 Å². The minimum atomic E-state index is -2.99. The number of halogens is 2. The Balaban J connectivity index is 2.81. The van der Waals surface area contributed by atoms with Crippen LogP contribution in [-0.4, -0.2) is 50.6 Å². The predicted molar refractivity (Wildman–Crippen MR) is 79.9 cm³/mol. The van der Waals surface area contributed by atoms with E-state index in [0.717, 1.165) is 6.42 Å². The highest BCUT2D eigenvalue weighted by Crippen LogP contribution is 2.29. The number of hydrogen-bond acceptors (Lipinski definition) is 4. The maximum Gasteiger partial charge on any atom is 0.387 e. The van der Waals surface area contributed by atoms with Crippen molar-refractivity contribution in [1.82, 2.24) is 10.2 Å². The molecule has 0 aliphatic carbocycles. The van der Waals surface area contributed by atoms with Gasteiger partial charge in [-0.3, -0.25) is 9.59 Å². The number of likely N-dealkylation sites (N-methyl/N-ethyl adjacent to an activating group) is 1. The molecule has 23 heavy (non-hydrogen) atoms. The number of alkyl halides is 2. The molecule has 1 N–H and O–H groups in total. The zero-order valence-corrected chi connectivity index (χ0v) is 13.3. The van der Waals surface area contributed by atoms with Crippen LogP contribution in [-0.2, 0) is 4.79 Å². The summed E-state index contributed by atoms with van der Waals surface area (Å²) < 4.78 is 33.8. The molecular weight excluding hydrogens is 310 g/mol. The minimum Gasteiger partial charge on any atom is -0.493 e. The van der Waals surface area contributed by atoms with E-state index in [2.05, 4.69) is 10.1 Å². The molecule has 0 atom stereocenters. The van der Waals surface area contributed by atoms with E-state index in [4.69, 9.17) is 4.74 Å². The quantitative estimate of drug-likeness (QED) is 0.790. The Morgan fingerprint density at radius 3 is 2.57 bits per heavy atom. The lowest BCUT2D eigenvalue weighted by molar-refractivity contribution is -0.121. The first-order chi connectivity index (χ1) is 10.9. The second-order valence-electron chi connectivity index (χ2n) is 4.76. The molecule has 0 bridgehead atoms. The fourth-order valence-electron chi connectivity index (χ4n) is 1.82. The van der Waals surface area contributed by atoms with Crippen LogP contribution in [0.5, 0.6) is 11.5 Å². The Morgan fingerprint density at radius 1 is 1.30 bits per heavy atom. The average Bonchev–Trinajstić information content (AvgIpc) is 2.51. The average molecular weight is 330 g/mol. The van der Waals surface area contributed by atoms with Gasteiger partial charge in [-0.15, -0.1) is 0 Å². The molecule has 0 saturated carbocycles. The van der Waals surface area contributed by atoms with Crippen LogP contribution < -0.4 is 14.8 Å². The summed E-state index contributed by atoms with van der Waals surface area (Å²) in [6.07, 6.45) is 0.798. The summed E-state index contributed by atoms with van der Waals surface area (Å²) in [7, 11) is 2.76. The third kappa shape index (κ3) is 5.72. The summed E-state index contributed by atoms with van der Waals surface area (Å²) >= 11 is 0. The van der Waals surface area contributed by atoms with E-state index >= 15 is 0 Å². The first-order valence-corrected chi connectivity index (χ1v) is 7.04. The number of carbonyl (C=O) groups excluding carboxylic acids is 2. The first-order valence-electron chi connectivity index (χ1n) is 7.04. The Kier molecular flexibility index (Phi) is 7.24. The first kappa shape index (κ1) is 18.7. The monoisotopic (exact) mass is 330 g/mol. The molecule has 128 valence electrons. The number of methoxy groups -OCH3 is 1. The summed E-state index contributed by atoms with van der Waals surface area (Å²) in [4.78, 5) is 25.1. The molecule has 1 aromatic rings. The van der Waals surface area contributed by atoms with Gasteiger partial charge in [-0.05, 0) is 24.6 Å². The molecule has 0 spiro atoms. The lowest BCUT2D eigenvalue weighted by Gasteiger charge is -2.18. The van der Waals surface area contributed by atoms with E-state index in [0.29, 0.717) is 6.54 Å². The van der Waals surface area contributed by atoms with Crippen LogP contribution in [0.2, 0.25) is 0 Å². The van der Waals surface area contributed by atoms with Gasteiger partial charge in [-0.2, -0.15) is 8.78 Å². The normalized spacial score (nSPS) is 10.3. The van der Waals surface area contributed by atoms with Crippen molar-refractivity contribution in [2.45, 2.75) is 20.0 Å². The van der Waals surface area contributed by atoms with Crippen molar-refractivity contribution in [2.75, 3.05) is 27.2 Å². The Morgan fingerprint density at radius 2 is 2.00 bits per heavy atom. The summed E-state index contributed by atoms with van der Waals surface area (Å²) in [5, 5.41) is 2.66. The number of amides is 2. The molecule has 0 fully saturated rings. The van der Waals surface area contributed by atoms with Crippen molar-refractivity contribution in [3.8, 4) is 11.5 Å². The number of nitrogens with one attached hydrogen (secondary N) is 1. The topological polar surface area (TPSA) is 67.9 Å². The smallest absolute Gasteiger partial charge is 0.387 e. The Hall–Kier alpha value is -2.38. The molecule has 6 nitrogen and oxygen atoms in total. The van der Waals surface area contributed by atoms with Crippen molar-refractivity contribution in [3.63, 3.8) is 0 Å². The van der Waals surface area contributed by atoms with E-state index in [1.54, 1.807) is 0 Å². The van der Waals surface area contributed by atoms with Gasteiger partial charge in [0.05, 0.1) is 13.7 Å². The molecule has 0 radical (unpaired) electrons. The molecule has 0 aliphatic heterocycles. The van der Waals surface area contributed by atoms with Crippen LogP contribution in [0.25, 0.3) is 0 Å². The minimum absolute atomic E-state index is 0.0139. The second kappa shape index (κ2) is 8.92. The van der Waals surface area contributed by atoms with Gasteiger partial charge in [0.1, 0.15) is 0 Å². The molecule has 2 amide bonds. The van der Waals surface area contributed by atoms with Gasteiger partial charge in [0.15, 0.2) is 11.5 Å². The largest absolute Gasteiger partial charge is 0.493 e. The highest BCUT2D eigenvalue weighted by atomic mass is 19.3. The molecule has 8 heteroatoms. The summed E-state index contributed by atoms with van der Waals surface area (Å²) in [6.45, 7) is -0.634. The lowest BCUT2D eigenvalue weighted by Crippen LogP contribution is -2.38. The maximum absolute atomic E-state index is 12.3. The van der Waals surface area contributed by atoms with Crippen molar-refractivity contribution in [2.24, 2.45) is 0 Å². The van der Waals surface area contributed by atoms with Crippen LogP contribution >= 0.6 is 0 Å². The second-order valence-corrected chi connectivity index (χ2v) is 4.76. The molecule has 0 aliphatic rings. The Bertz CT molecular complexity index is 552. The SMILES string of the molecule is CCCNC(=O)CN(C)C(=O)c1ccc(OC(F)F)c(OC)c1. The zero-order chi connectivity index (χ0) is 17.4. The number of benzene rings is 1. The summed E-state index contributed by atoms with van der Waals surface area (Å²) in [5.74, 6) is -0.853. The highest BCUT2D eigenvalue weighted by molar-refractivity contribution is 5.96. The zero-order valence-electron chi connectivity index (χ0n) is 13.3. The van der Waals surface area contributed by atoms with Gasteiger partial charge in [0, 0.05) is 19.2 Å². The van der Waals surface area contributed by atoms with Gasteiger partial charge in [0.2, 0.25) is 5.91 Å². The fraction of sp³-hybridized carbons (Fsp3) is 0.467.